The predicted molar refractivity (Wildman–Crippen MR) is 69.0 cm³/mol. The number of fused-ring (bicyclic) bond motifs is 1. The molecule has 0 spiro atoms. The van der Waals surface area contributed by atoms with E-state index in [-0.39, 0.29) is 0 Å². The van der Waals surface area contributed by atoms with Gasteiger partial charge >= 0.3 is 0 Å². The van der Waals surface area contributed by atoms with Crippen LogP contribution < -0.4 is 10.6 Å². The summed E-state index contributed by atoms with van der Waals surface area (Å²) < 4.78 is 0. The number of hydrogen-bond acceptors (Lipinski definition) is 2. The monoisotopic (exact) mass is 238 g/mol. The first-order valence-electron chi connectivity index (χ1n) is 5.92. The lowest BCUT2D eigenvalue weighted by Crippen LogP contribution is -2.39. The van der Waals surface area contributed by atoms with E-state index in [9.17, 15) is 0 Å². The van der Waals surface area contributed by atoms with Gasteiger partial charge in [0.05, 0.1) is 0 Å². The van der Waals surface area contributed by atoms with E-state index in [1.54, 1.807) is 0 Å². The van der Waals surface area contributed by atoms with Crippen LogP contribution in [0.2, 0.25) is 5.02 Å². The molecule has 1 atom stereocenters. The molecule has 2 nitrogen and oxygen atoms in total. The predicted octanol–water partition coefficient (Wildman–Crippen LogP) is 2.52. The molecule has 0 aliphatic carbocycles. The van der Waals surface area contributed by atoms with E-state index in [0.29, 0.717) is 12.1 Å². The fourth-order valence-electron chi connectivity index (χ4n) is 2.20. The summed E-state index contributed by atoms with van der Waals surface area (Å²) in [7, 11) is 0. The Morgan fingerprint density at radius 3 is 3.06 bits per heavy atom. The average Bonchev–Trinajstić information content (AvgIpc) is 2.26. The first-order valence-corrected chi connectivity index (χ1v) is 6.30. The van der Waals surface area contributed by atoms with Crippen molar-refractivity contribution in [2.24, 2.45) is 0 Å². The third-order valence-electron chi connectivity index (χ3n) is 3.01. The van der Waals surface area contributed by atoms with Crippen LogP contribution in [0.25, 0.3) is 0 Å². The van der Waals surface area contributed by atoms with Gasteiger partial charge in [0.15, 0.2) is 0 Å². The highest BCUT2D eigenvalue weighted by atomic mass is 35.5. The smallest absolute Gasteiger partial charge is 0.0464 e. The zero-order chi connectivity index (χ0) is 11.5. The van der Waals surface area contributed by atoms with Gasteiger partial charge in [0.25, 0.3) is 0 Å². The highest BCUT2D eigenvalue weighted by Gasteiger charge is 2.21. The van der Waals surface area contributed by atoms with Crippen molar-refractivity contribution in [3.8, 4) is 0 Å². The Morgan fingerprint density at radius 1 is 1.50 bits per heavy atom. The Labute approximate surface area is 102 Å². The second-order valence-corrected chi connectivity index (χ2v) is 5.04. The van der Waals surface area contributed by atoms with Gasteiger partial charge < -0.3 is 10.6 Å². The lowest BCUT2D eigenvalue weighted by atomic mass is 9.94. The molecule has 1 aliphatic heterocycles. The minimum Gasteiger partial charge on any atom is -0.313 e. The maximum atomic E-state index is 6.28. The molecule has 3 heteroatoms. The number of halogens is 1. The molecule has 88 valence electrons. The fourth-order valence-corrected chi connectivity index (χ4v) is 2.53. The number of rotatable bonds is 3. The lowest BCUT2D eigenvalue weighted by molar-refractivity contribution is 0.447. The van der Waals surface area contributed by atoms with Crippen molar-refractivity contribution < 1.29 is 0 Å². The Kier molecular flexibility index (Phi) is 3.85. The van der Waals surface area contributed by atoms with Gasteiger partial charge in [-0.3, -0.25) is 0 Å². The Hall–Kier alpha value is -0.570. The third kappa shape index (κ3) is 2.57. The second-order valence-electron chi connectivity index (χ2n) is 4.63. The molecule has 1 aliphatic rings. The molecule has 1 aromatic rings. The molecule has 0 fully saturated rings. The van der Waals surface area contributed by atoms with Gasteiger partial charge in [0, 0.05) is 23.7 Å². The van der Waals surface area contributed by atoms with Gasteiger partial charge in [-0.1, -0.05) is 37.6 Å². The molecule has 0 amide bonds. The highest BCUT2D eigenvalue weighted by molar-refractivity contribution is 6.31. The van der Waals surface area contributed by atoms with Crippen molar-refractivity contribution >= 4 is 11.6 Å². The van der Waals surface area contributed by atoms with E-state index in [4.69, 9.17) is 11.6 Å². The largest absolute Gasteiger partial charge is 0.313 e. The third-order valence-corrected chi connectivity index (χ3v) is 3.34. The SMILES string of the molecule is CC(C)NCC1NCCc2cccc(Cl)c21. The second kappa shape index (κ2) is 5.17. The summed E-state index contributed by atoms with van der Waals surface area (Å²) in [6.45, 7) is 6.30. The van der Waals surface area contributed by atoms with Gasteiger partial charge in [-0.25, -0.2) is 0 Å². The number of benzene rings is 1. The van der Waals surface area contributed by atoms with Gasteiger partial charge in [-0.15, -0.1) is 0 Å². The summed E-state index contributed by atoms with van der Waals surface area (Å²) in [5.41, 5.74) is 2.67. The summed E-state index contributed by atoms with van der Waals surface area (Å²) >= 11 is 6.28. The molecule has 2 rings (SSSR count). The van der Waals surface area contributed by atoms with Gasteiger partial charge in [0.1, 0.15) is 0 Å². The number of nitrogens with one attached hydrogen (secondary N) is 2. The van der Waals surface area contributed by atoms with Crippen molar-refractivity contribution in [2.75, 3.05) is 13.1 Å². The van der Waals surface area contributed by atoms with Crippen LogP contribution in [0.4, 0.5) is 0 Å². The maximum absolute atomic E-state index is 6.28. The van der Waals surface area contributed by atoms with Crippen LogP contribution in [0.1, 0.15) is 31.0 Å². The minimum atomic E-state index is 0.347. The first kappa shape index (κ1) is 11.9. The van der Waals surface area contributed by atoms with Crippen LogP contribution >= 0.6 is 11.6 Å². The molecule has 0 aromatic heterocycles. The minimum absolute atomic E-state index is 0.347. The van der Waals surface area contributed by atoms with E-state index in [1.165, 1.54) is 11.1 Å². The van der Waals surface area contributed by atoms with Crippen molar-refractivity contribution in [3.63, 3.8) is 0 Å². The molecular formula is C13H19ClN2. The van der Waals surface area contributed by atoms with Crippen LogP contribution in [0.3, 0.4) is 0 Å². The molecule has 0 saturated carbocycles. The molecule has 0 bridgehead atoms. The molecule has 0 saturated heterocycles. The zero-order valence-electron chi connectivity index (χ0n) is 9.89. The molecule has 1 aromatic carbocycles. The number of hydrogen-bond donors (Lipinski definition) is 2. The Bertz CT molecular complexity index is 363. The van der Waals surface area contributed by atoms with Crippen LogP contribution in [0.5, 0.6) is 0 Å². The van der Waals surface area contributed by atoms with Gasteiger partial charge in [0.2, 0.25) is 0 Å². The van der Waals surface area contributed by atoms with Crippen LogP contribution in [-0.4, -0.2) is 19.1 Å². The Morgan fingerprint density at radius 2 is 2.31 bits per heavy atom. The summed E-state index contributed by atoms with van der Waals surface area (Å²) in [4.78, 5) is 0. The van der Waals surface area contributed by atoms with Crippen LogP contribution in [0.15, 0.2) is 18.2 Å². The normalized spacial score (nSPS) is 19.9. The quantitative estimate of drug-likeness (QED) is 0.846. The van der Waals surface area contributed by atoms with Crippen molar-refractivity contribution in [1.82, 2.24) is 10.6 Å². The van der Waals surface area contributed by atoms with E-state index in [2.05, 4.69) is 30.5 Å². The Balaban J connectivity index is 2.18. The van der Waals surface area contributed by atoms with Crippen molar-refractivity contribution in [2.45, 2.75) is 32.4 Å². The standard InChI is InChI=1S/C13H19ClN2/c1-9(2)16-8-12-13-10(6-7-15-12)4-3-5-11(13)14/h3-5,9,12,15-16H,6-8H2,1-2H3. The first-order chi connectivity index (χ1) is 7.68. The molecule has 2 N–H and O–H groups in total. The van der Waals surface area contributed by atoms with Crippen molar-refractivity contribution in [3.05, 3.63) is 34.3 Å². The maximum Gasteiger partial charge on any atom is 0.0464 e. The molecule has 1 heterocycles. The van der Waals surface area contributed by atoms with Crippen molar-refractivity contribution in [1.29, 1.82) is 0 Å². The summed E-state index contributed by atoms with van der Waals surface area (Å²) in [6.07, 6.45) is 1.08. The summed E-state index contributed by atoms with van der Waals surface area (Å²) in [5, 5.41) is 7.88. The fraction of sp³-hybridized carbons (Fsp3) is 0.538. The molecule has 0 radical (unpaired) electrons. The molecule has 1 unspecified atom stereocenters. The van der Waals surface area contributed by atoms with Crippen LogP contribution in [0, 0.1) is 0 Å². The molecule has 16 heavy (non-hydrogen) atoms. The zero-order valence-corrected chi connectivity index (χ0v) is 10.6. The van der Waals surface area contributed by atoms with E-state index in [1.807, 2.05) is 12.1 Å². The van der Waals surface area contributed by atoms with E-state index >= 15 is 0 Å². The van der Waals surface area contributed by atoms with Gasteiger partial charge in [-0.05, 0) is 30.2 Å². The topological polar surface area (TPSA) is 24.1 Å². The average molecular weight is 239 g/mol. The van der Waals surface area contributed by atoms with Crippen LogP contribution in [-0.2, 0) is 6.42 Å². The van der Waals surface area contributed by atoms with E-state index in [0.717, 1.165) is 24.5 Å². The summed E-state index contributed by atoms with van der Waals surface area (Å²) in [5.74, 6) is 0. The highest BCUT2D eigenvalue weighted by Crippen LogP contribution is 2.29. The van der Waals surface area contributed by atoms with E-state index < -0.39 is 0 Å². The lowest BCUT2D eigenvalue weighted by Gasteiger charge is -2.28. The molecular weight excluding hydrogens is 220 g/mol. The van der Waals surface area contributed by atoms with Gasteiger partial charge in [-0.2, -0.15) is 0 Å². The summed E-state index contributed by atoms with van der Waals surface area (Å²) in [6, 6.07) is 7.06.